The second-order valence-electron chi connectivity index (χ2n) is 4.55. The fraction of sp³-hybridized carbons (Fsp3) is 0.0667. The molecule has 4 rings (SSSR count). The number of benzene rings is 1. The summed E-state index contributed by atoms with van der Waals surface area (Å²) in [5.41, 5.74) is 2.87. The summed E-state index contributed by atoms with van der Waals surface area (Å²) in [6, 6.07) is 12.3. The molecular formula is C15H12N4. The summed E-state index contributed by atoms with van der Waals surface area (Å²) in [7, 11) is 0. The van der Waals surface area contributed by atoms with Crippen molar-refractivity contribution in [3.8, 4) is 0 Å². The van der Waals surface area contributed by atoms with Gasteiger partial charge in [0.1, 0.15) is 6.17 Å². The van der Waals surface area contributed by atoms with Crippen LogP contribution in [-0.2, 0) is 0 Å². The van der Waals surface area contributed by atoms with E-state index in [0.29, 0.717) is 0 Å². The molecule has 2 aromatic heterocycles. The van der Waals surface area contributed by atoms with Gasteiger partial charge in [0.15, 0.2) is 0 Å². The third-order valence-electron chi connectivity index (χ3n) is 3.36. The van der Waals surface area contributed by atoms with Crippen LogP contribution in [0.1, 0.15) is 11.9 Å². The molecule has 92 valence electrons. The lowest BCUT2D eigenvalue weighted by Crippen LogP contribution is -2.21. The maximum atomic E-state index is 4.76. The molecule has 2 N–H and O–H groups in total. The average Bonchev–Trinajstić information content (AvgIpc) is 3.01. The molecule has 4 heteroatoms. The number of nitrogens with zero attached hydrogens (tertiary/aromatic N) is 2. The van der Waals surface area contributed by atoms with Gasteiger partial charge in [-0.25, -0.2) is 4.98 Å². The van der Waals surface area contributed by atoms with Gasteiger partial charge >= 0.3 is 0 Å². The molecule has 1 aliphatic rings. The Labute approximate surface area is 110 Å². The fourth-order valence-corrected chi connectivity index (χ4v) is 2.41. The minimum atomic E-state index is 0.0448. The van der Waals surface area contributed by atoms with Crippen molar-refractivity contribution < 1.29 is 0 Å². The van der Waals surface area contributed by atoms with E-state index in [0.717, 1.165) is 27.5 Å². The molecule has 0 saturated heterocycles. The molecule has 0 fully saturated rings. The summed E-state index contributed by atoms with van der Waals surface area (Å²) in [6.45, 7) is 0. The standard InChI is InChI=1S/C15H12N4/c1-2-10-3-4-11-5-6-12(15-17-8-9-18-15)19-14(11)13(10)16-7-1/h1-9,15,17-18H. The largest absolute Gasteiger partial charge is 0.365 e. The molecule has 3 heterocycles. The highest BCUT2D eigenvalue weighted by Gasteiger charge is 2.13. The highest BCUT2D eigenvalue weighted by molar-refractivity contribution is 6.02. The van der Waals surface area contributed by atoms with Gasteiger partial charge in [0, 0.05) is 29.4 Å². The van der Waals surface area contributed by atoms with E-state index >= 15 is 0 Å². The minimum Gasteiger partial charge on any atom is -0.365 e. The number of aromatic nitrogens is 2. The van der Waals surface area contributed by atoms with Crippen molar-refractivity contribution in [3.63, 3.8) is 0 Å². The summed E-state index contributed by atoms with van der Waals surface area (Å²) < 4.78 is 0. The second-order valence-corrected chi connectivity index (χ2v) is 4.55. The summed E-state index contributed by atoms with van der Waals surface area (Å²) >= 11 is 0. The summed E-state index contributed by atoms with van der Waals surface area (Å²) in [6.07, 6.45) is 5.63. The van der Waals surface area contributed by atoms with Gasteiger partial charge in [-0.15, -0.1) is 0 Å². The number of rotatable bonds is 1. The summed E-state index contributed by atoms with van der Waals surface area (Å²) in [5, 5.41) is 8.65. The SMILES string of the molecule is C1=CNC(c2ccc3ccc4cccnc4c3n2)N1. The first kappa shape index (κ1) is 10.3. The average molecular weight is 248 g/mol. The second kappa shape index (κ2) is 3.95. The molecular weight excluding hydrogens is 236 g/mol. The first-order valence-electron chi connectivity index (χ1n) is 6.23. The van der Waals surface area contributed by atoms with Crippen LogP contribution in [0.25, 0.3) is 21.8 Å². The number of hydrogen-bond acceptors (Lipinski definition) is 4. The smallest absolute Gasteiger partial charge is 0.140 e. The Balaban J connectivity index is 1.97. The molecule has 1 aromatic carbocycles. The maximum Gasteiger partial charge on any atom is 0.140 e. The molecule has 0 spiro atoms. The predicted molar refractivity (Wildman–Crippen MR) is 75.2 cm³/mol. The van der Waals surface area contributed by atoms with Crippen LogP contribution in [0.5, 0.6) is 0 Å². The zero-order valence-electron chi connectivity index (χ0n) is 10.2. The first-order valence-corrected chi connectivity index (χ1v) is 6.23. The van der Waals surface area contributed by atoms with Crippen molar-refractivity contribution in [2.75, 3.05) is 0 Å². The summed E-state index contributed by atoms with van der Waals surface area (Å²) in [4.78, 5) is 9.22. The van der Waals surface area contributed by atoms with Crippen LogP contribution in [0.2, 0.25) is 0 Å². The van der Waals surface area contributed by atoms with Gasteiger partial charge in [-0.3, -0.25) is 4.98 Å². The minimum absolute atomic E-state index is 0.0448. The van der Waals surface area contributed by atoms with E-state index in [1.165, 1.54) is 0 Å². The zero-order valence-corrected chi connectivity index (χ0v) is 10.2. The molecule has 4 nitrogen and oxygen atoms in total. The normalized spacial score (nSPS) is 14.7. The van der Waals surface area contributed by atoms with E-state index < -0.39 is 0 Å². The Bertz CT molecular complexity index is 786. The van der Waals surface area contributed by atoms with Crippen molar-refractivity contribution in [2.24, 2.45) is 0 Å². The van der Waals surface area contributed by atoms with E-state index in [1.54, 1.807) is 0 Å². The quantitative estimate of drug-likeness (QED) is 0.649. The highest BCUT2D eigenvalue weighted by Crippen LogP contribution is 2.23. The zero-order chi connectivity index (χ0) is 12.7. The van der Waals surface area contributed by atoms with Crippen LogP contribution in [0, 0.1) is 0 Å². The first-order chi connectivity index (χ1) is 9.42. The van der Waals surface area contributed by atoms with Crippen LogP contribution < -0.4 is 10.6 Å². The number of pyridine rings is 2. The van der Waals surface area contributed by atoms with Gasteiger partial charge in [-0.2, -0.15) is 0 Å². The van der Waals surface area contributed by atoms with Gasteiger partial charge in [0.25, 0.3) is 0 Å². The van der Waals surface area contributed by atoms with Crippen molar-refractivity contribution in [3.05, 3.63) is 60.7 Å². The number of hydrogen-bond donors (Lipinski definition) is 2. The topological polar surface area (TPSA) is 49.8 Å². The fourth-order valence-electron chi connectivity index (χ4n) is 2.41. The van der Waals surface area contributed by atoms with Crippen LogP contribution >= 0.6 is 0 Å². The van der Waals surface area contributed by atoms with E-state index in [4.69, 9.17) is 4.98 Å². The van der Waals surface area contributed by atoms with Gasteiger partial charge < -0.3 is 10.6 Å². The molecule has 3 aromatic rings. The maximum absolute atomic E-state index is 4.76. The Morgan fingerprint density at radius 1 is 0.842 bits per heavy atom. The van der Waals surface area contributed by atoms with Gasteiger partial charge in [-0.05, 0) is 12.1 Å². The van der Waals surface area contributed by atoms with Crippen molar-refractivity contribution in [1.82, 2.24) is 20.6 Å². The Kier molecular flexibility index (Phi) is 2.14. The van der Waals surface area contributed by atoms with E-state index in [1.807, 2.05) is 30.7 Å². The predicted octanol–water partition coefficient (Wildman–Crippen LogP) is 2.45. The van der Waals surface area contributed by atoms with Gasteiger partial charge in [0.05, 0.1) is 16.7 Å². The summed E-state index contributed by atoms with van der Waals surface area (Å²) in [5.74, 6) is 0. The van der Waals surface area contributed by atoms with Gasteiger partial charge in [-0.1, -0.05) is 24.3 Å². The van der Waals surface area contributed by atoms with Crippen molar-refractivity contribution >= 4 is 21.8 Å². The molecule has 0 saturated carbocycles. The van der Waals surface area contributed by atoms with E-state index in [9.17, 15) is 0 Å². The Morgan fingerprint density at radius 2 is 1.58 bits per heavy atom. The number of fused-ring (bicyclic) bond motifs is 3. The molecule has 1 aliphatic heterocycles. The third-order valence-corrected chi connectivity index (χ3v) is 3.36. The molecule has 19 heavy (non-hydrogen) atoms. The van der Waals surface area contributed by atoms with Crippen LogP contribution in [0.15, 0.2) is 55.0 Å². The van der Waals surface area contributed by atoms with Crippen LogP contribution in [-0.4, -0.2) is 9.97 Å². The molecule has 0 bridgehead atoms. The van der Waals surface area contributed by atoms with Crippen LogP contribution in [0.4, 0.5) is 0 Å². The monoisotopic (exact) mass is 248 g/mol. The van der Waals surface area contributed by atoms with Crippen molar-refractivity contribution in [2.45, 2.75) is 6.17 Å². The van der Waals surface area contributed by atoms with Crippen molar-refractivity contribution in [1.29, 1.82) is 0 Å². The Hall–Kier alpha value is -2.62. The van der Waals surface area contributed by atoms with Gasteiger partial charge in [0.2, 0.25) is 0 Å². The number of nitrogens with one attached hydrogen (secondary N) is 2. The highest BCUT2D eigenvalue weighted by atomic mass is 15.2. The molecule has 0 radical (unpaired) electrons. The lowest BCUT2D eigenvalue weighted by Gasteiger charge is -2.12. The third kappa shape index (κ3) is 1.61. The Morgan fingerprint density at radius 3 is 2.42 bits per heavy atom. The molecule has 0 atom stereocenters. The van der Waals surface area contributed by atoms with E-state index in [2.05, 4.69) is 39.9 Å². The van der Waals surface area contributed by atoms with E-state index in [-0.39, 0.29) is 6.17 Å². The molecule has 0 amide bonds. The molecule has 0 unspecified atom stereocenters. The lowest BCUT2D eigenvalue weighted by atomic mass is 10.1. The molecule has 0 aliphatic carbocycles. The lowest BCUT2D eigenvalue weighted by molar-refractivity contribution is 0.592. The van der Waals surface area contributed by atoms with Crippen LogP contribution in [0.3, 0.4) is 0 Å².